The van der Waals surface area contributed by atoms with Crippen LogP contribution in [0.15, 0.2) is 23.2 Å². The summed E-state index contributed by atoms with van der Waals surface area (Å²) in [6.45, 7) is 4.09. The maximum Gasteiger partial charge on any atom is 0.352 e. The van der Waals surface area contributed by atoms with E-state index in [2.05, 4.69) is 0 Å². The van der Waals surface area contributed by atoms with Crippen molar-refractivity contribution in [2.75, 3.05) is 12.3 Å². The normalized spacial score (nSPS) is 25.4. The number of aliphatic hydroxyl groups is 1. The molecule has 28 heavy (non-hydrogen) atoms. The van der Waals surface area contributed by atoms with Gasteiger partial charge < -0.3 is 20.8 Å². The van der Waals surface area contributed by atoms with Crippen LogP contribution in [0.5, 0.6) is 0 Å². The summed E-state index contributed by atoms with van der Waals surface area (Å²) in [5, 5.41) is 20.9. The molecule has 0 radical (unpaired) electrons. The number of nitrogens with two attached hydrogens (primary N) is 1. The van der Waals surface area contributed by atoms with Crippen LogP contribution in [-0.4, -0.2) is 55.8 Å². The first-order valence-electron chi connectivity index (χ1n) is 9.09. The Hall–Kier alpha value is -1.88. The monoisotopic (exact) mass is 423 g/mol. The number of thioether (sulfide) groups is 1. The molecule has 1 saturated heterocycles. The molecule has 0 aromatic carbocycles. The summed E-state index contributed by atoms with van der Waals surface area (Å²) in [4.78, 5) is 27.7. The molecule has 4 heterocycles. The molecule has 1 fully saturated rings. The van der Waals surface area contributed by atoms with Gasteiger partial charge in [0.05, 0.1) is 30.0 Å². The third-order valence-corrected chi connectivity index (χ3v) is 7.96. The summed E-state index contributed by atoms with van der Waals surface area (Å²) in [6, 6.07) is -0.308. The number of thiazole rings is 1. The van der Waals surface area contributed by atoms with Crippen LogP contribution in [0.3, 0.4) is 0 Å². The van der Waals surface area contributed by atoms with E-state index in [4.69, 9.17) is 5.73 Å². The van der Waals surface area contributed by atoms with Crippen molar-refractivity contribution in [1.82, 2.24) is 9.30 Å². The van der Waals surface area contributed by atoms with Crippen molar-refractivity contribution in [3.63, 3.8) is 0 Å². The average molecular weight is 424 g/mol. The molecule has 150 valence electrons. The van der Waals surface area contributed by atoms with Gasteiger partial charge in [-0.15, -0.1) is 0 Å². The van der Waals surface area contributed by atoms with Crippen molar-refractivity contribution in [2.45, 2.75) is 31.0 Å². The summed E-state index contributed by atoms with van der Waals surface area (Å²) in [5.74, 6) is -1.35. The number of hydrogen-bond donors (Lipinski definition) is 3. The number of imidazole rings is 1. The second kappa shape index (κ2) is 6.87. The van der Waals surface area contributed by atoms with Crippen LogP contribution in [0.4, 0.5) is 0 Å². The molecule has 4 atom stereocenters. The van der Waals surface area contributed by atoms with Crippen LogP contribution in [-0.2, 0) is 16.6 Å². The van der Waals surface area contributed by atoms with E-state index in [-0.39, 0.29) is 23.6 Å². The van der Waals surface area contributed by atoms with E-state index >= 15 is 0 Å². The van der Waals surface area contributed by atoms with E-state index in [0.717, 1.165) is 20.5 Å². The first kappa shape index (κ1) is 19.4. The Labute approximate surface area is 170 Å². The highest BCUT2D eigenvalue weighted by molar-refractivity contribution is 7.99. The number of amides is 1. The SMILES string of the molecule is C[C@@H](O)[C@H]1C(=O)N2C(C(=O)O)=C(c3cn4c[n+](C)c(SCCN)c4s3)[C@H](C)[C@H]12. The molecule has 8 nitrogen and oxygen atoms in total. The minimum Gasteiger partial charge on any atom is -0.477 e. The van der Waals surface area contributed by atoms with Crippen LogP contribution in [0.1, 0.15) is 18.7 Å². The highest BCUT2D eigenvalue weighted by Crippen LogP contribution is 2.51. The van der Waals surface area contributed by atoms with Gasteiger partial charge in [-0.3, -0.25) is 4.79 Å². The number of fused-ring (bicyclic) bond motifs is 2. The molecule has 0 aliphatic carbocycles. The maximum absolute atomic E-state index is 12.5. The zero-order valence-corrected chi connectivity index (χ0v) is 17.5. The largest absolute Gasteiger partial charge is 0.477 e. The quantitative estimate of drug-likeness (QED) is 0.355. The first-order valence-corrected chi connectivity index (χ1v) is 10.9. The van der Waals surface area contributed by atoms with Gasteiger partial charge in [0.15, 0.2) is 0 Å². The Morgan fingerprint density at radius 2 is 2.21 bits per heavy atom. The molecular weight excluding hydrogens is 400 g/mol. The van der Waals surface area contributed by atoms with Crippen LogP contribution in [0.2, 0.25) is 0 Å². The highest BCUT2D eigenvalue weighted by Gasteiger charge is 2.60. The predicted molar refractivity (Wildman–Crippen MR) is 106 cm³/mol. The summed E-state index contributed by atoms with van der Waals surface area (Å²) in [6.07, 6.45) is 3.07. The molecule has 0 unspecified atom stereocenters. The number of carbonyl (C=O) groups excluding carboxylic acids is 1. The van der Waals surface area contributed by atoms with E-state index in [1.807, 2.05) is 35.5 Å². The molecule has 0 spiro atoms. The zero-order valence-electron chi connectivity index (χ0n) is 15.8. The lowest BCUT2D eigenvalue weighted by Gasteiger charge is -2.46. The molecule has 4 N–H and O–H groups in total. The molecule has 2 aromatic rings. The Morgan fingerprint density at radius 1 is 1.50 bits per heavy atom. The van der Waals surface area contributed by atoms with Crippen molar-refractivity contribution >= 4 is 45.4 Å². The Morgan fingerprint density at radius 3 is 2.82 bits per heavy atom. The Balaban J connectivity index is 1.80. The molecule has 2 aliphatic rings. The number of aliphatic carboxylic acids is 1. The molecule has 2 aromatic heterocycles. The van der Waals surface area contributed by atoms with E-state index in [1.54, 1.807) is 18.7 Å². The van der Waals surface area contributed by atoms with Gasteiger partial charge in [-0.1, -0.05) is 30.0 Å². The van der Waals surface area contributed by atoms with Gasteiger partial charge in [0.2, 0.25) is 22.1 Å². The number of rotatable bonds is 6. The lowest BCUT2D eigenvalue weighted by Crippen LogP contribution is -2.63. The van der Waals surface area contributed by atoms with Crippen LogP contribution < -0.4 is 10.3 Å². The summed E-state index contributed by atoms with van der Waals surface area (Å²) in [7, 11) is 1.97. The molecule has 0 saturated carbocycles. The number of aromatic nitrogens is 2. The number of carbonyl (C=O) groups is 2. The van der Waals surface area contributed by atoms with Crippen molar-refractivity contribution in [3.05, 3.63) is 23.1 Å². The number of carboxylic acids is 1. The molecule has 1 amide bonds. The van der Waals surface area contributed by atoms with Crippen molar-refractivity contribution in [1.29, 1.82) is 0 Å². The van der Waals surface area contributed by atoms with E-state index in [0.29, 0.717) is 12.1 Å². The topological polar surface area (TPSA) is 112 Å². The fourth-order valence-electron chi connectivity index (χ4n) is 4.33. The minimum absolute atomic E-state index is 0.0458. The van der Waals surface area contributed by atoms with Gasteiger partial charge >= 0.3 is 5.97 Å². The van der Waals surface area contributed by atoms with E-state index in [1.165, 1.54) is 16.2 Å². The zero-order chi connectivity index (χ0) is 20.3. The van der Waals surface area contributed by atoms with Crippen LogP contribution in [0.25, 0.3) is 10.4 Å². The summed E-state index contributed by atoms with van der Waals surface area (Å²) < 4.78 is 4.02. The number of nitrogens with zero attached hydrogens (tertiary/aromatic N) is 3. The third-order valence-electron chi connectivity index (χ3n) is 5.50. The van der Waals surface area contributed by atoms with Gasteiger partial charge in [0.25, 0.3) is 0 Å². The molecule has 10 heteroatoms. The molecule has 0 bridgehead atoms. The second-order valence-electron chi connectivity index (χ2n) is 7.30. The fourth-order valence-corrected chi connectivity index (χ4v) is 6.63. The predicted octanol–water partition coefficient (Wildman–Crippen LogP) is 0.529. The Bertz CT molecular complexity index is 1010. The average Bonchev–Trinajstić information content (AvgIpc) is 3.20. The first-order chi connectivity index (χ1) is 13.3. The van der Waals surface area contributed by atoms with Crippen LogP contribution in [0, 0.1) is 11.8 Å². The highest BCUT2D eigenvalue weighted by atomic mass is 32.2. The molecule has 4 rings (SSSR count). The van der Waals surface area contributed by atoms with Gasteiger partial charge in [0.1, 0.15) is 11.9 Å². The summed E-state index contributed by atoms with van der Waals surface area (Å²) >= 11 is 3.18. The molecular formula is C18H23N4O4S2+. The van der Waals surface area contributed by atoms with Crippen molar-refractivity contribution in [3.8, 4) is 0 Å². The summed E-state index contributed by atoms with van der Waals surface area (Å²) in [5.41, 5.74) is 6.35. The standard InChI is InChI=1S/C18H22N4O4S2/c1-8-11(14(18(25)26)22-13(8)12(9(2)23)15(22)24)10-6-21-7-20(3)16(17(21)28-10)27-5-4-19/h6-9,12-13,23H,4-5,19H2,1-3H3/p+1/t8-,9+,12+,13+/m0/s1. The number of hydrogen-bond acceptors (Lipinski definition) is 6. The van der Waals surface area contributed by atoms with E-state index in [9.17, 15) is 19.8 Å². The third kappa shape index (κ3) is 2.62. The van der Waals surface area contributed by atoms with Gasteiger partial charge in [-0.2, -0.15) is 4.40 Å². The number of carboxylic acid groups (broad SMARTS) is 1. The maximum atomic E-state index is 12.5. The van der Waals surface area contributed by atoms with Gasteiger partial charge in [-0.25, -0.2) is 9.36 Å². The Kier molecular flexibility index (Phi) is 4.77. The smallest absolute Gasteiger partial charge is 0.352 e. The lowest BCUT2D eigenvalue weighted by atomic mass is 9.77. The number of aryl methyl sites for hydroxylation is 1. The van der Waals surface area contributed by atoms with Gasteiger partial charge in [-0.05, 0) is 6.92 Å². The minimum atomic E-state index is -1.11. The fraction of sp³-hybridized carbons (Fsp3) is 0.500. The van der Waals surface area contributed by atoms with Gasteiger partial charge in [0, 0.05) is 23.8 Å². The number of β-lactam (4-membered cyclic amide) rings is 1. The van der Waals surface area contributed by atoms with Crippen molar-refractivity contribution < 1.29 is 24.4 Å². The second-order valence-corrected chi connectivity index (χ2v) is 9.41. The van der Waals surface area contributed by atoms with Crippen LogP contribution >= 0.6 is 23.1 Å². The molecule has 2 aliphatic heterocycles. The van der Waals surface area contributed by atoms with E-state index < -0.39 is 18.0 Å². The number of aliphatic hydroxyl groups excluding tert-OH is 1. The lowest BCUT2D eigenvalue weighted by molar-refractivity contribution is -0.705. The van der Waals surface area contributed by atoms with Crippen molar-refractivity contribution in [2.24, 2.45) is 24.6 Å².